The zero-order chi connectivity index (χ0) is 13.2. The van der Waals surface area contributed by atoms with Crippen molar-refractivity contribution in [3.8, 4) is 11.5 Å². The molecule has 0 aromatic carbocycles. The van der Waals surface area contributed by atoms with Crippen molar-refractivity contribution in [3.63, 3.8) is 0 Å². The van der Waals surface area contributed by atoms with Crippen molar-refractivity contribution in [2.75, 3.05) is 0 Å². The standard InChI is InChI=1S/C13H19N5O/c1-18-8-7-10(16-18)12-15-13(19-17-12)11(14)9-5-3-2-4-6-9/h7-9,11H,2-6,14H2,1H3. The third kappa shape index (κ3) is 2.53. The zero-order valence-electron chi connectivity index (χ0n) is 11.1. The van der Waals surface area contributed by atoms with E-state index >= 15 is 0 Å². The fourth-order valence-corrected chi connectivity index (χ4v) is 2.70. The smallest absolute Gasteiger partial charge is 0.244 e. The number of rotatable bonds is 3. The van der Waals surface area contributed by atoms with Crippen LogP contribution in [0.3, 0.4) is 0 Å². The van der Waals surface area contributed by atoms with Crippen LogP contribution in [0.1, 0.15) is 44.0 Å². The molecule has 102 valence electrons. The average Bonchev–Trinajstić information content (AvgIpc) is 3.07. The summed E-state index contributed by atoms with van der Waals surface area (Å²) in [5.41, 5.74) is 6.96. The van der Waals surface area contributed by atoms with E-state index in [0.717, 1.165) is 12.8 Å². The maximum atomic E-state index is 6.24. The van der Waals surface area contributed by atoms with E-state index in [0.29, 0.717) is 23.3 Å². The van der Waals surface area contributed by atoms with Gasteiger partial charge in [0.25, 0.3) is 0 Å². The first-order valence-corrected chi connectivity index (χ1v) is 6.83. The lowest BCUT2D eigenvalue weighted by Gasteiger charge is -2.24. The second-order valence-electron chi connectivity index (χ2n) is 5.25. The largest absolute Gasteiger partial charge is 0.337 e. The van der Waals surface area contributed by atoms with Gasteiger partial charge in [0.05, 0.1) is 6.04 Å². The van der Waals surface area contributed by atoms with Crippen LogP contribution in [-0.4, -0.2) is 19.9 Å². The highest BCUT2D eigenvalue weighted by Gasteiger charge is 2.26. The molecule has 1 atom stereocenters. The second-order valence-corrected chi connectivity index (χ2v) is 5.25. The van der Waals surface area contributed by atoms with Gasteiger partial charge in [0.1, 0.15) is 5.69 Å². The molecule has 0 aliphatic heterocycles. The third-order valence-electron chi connectivity index (χ3n) is 3.83. The Kier molecular flexibility index (Phi) is 3.33. The van der Waals surface area contributed by atoms with E-state index in [1.54, 1.807) is 4.68 Å². The van der Waals surface area contributed by atoms with Gasteiger partial charge in [-0.3, -0.25) is 4.68 Å². The summed E-state index contributed by atoms with van der Waals surface area (Å²) in [5.74, 6) is 1.51. The van der Waals surface area contributed by atoms with Crippen LogP contribution in [-0.2, 0) is 7.05 Å². The summed E-state index contributed by atoms with van der Waals surface area (Å²) in [6.07, 6.45) is 7.98. The van der Waals surface area contributed by atoms with Crippen LogP contribution in [0.5, 0.6) is 0 Å². The lowest BCUT2D eigenvalue weighted by atomic mass is 9.84. The average molecular weight is 261 g/mol. The number of hydrogen-bond acceptors (Lipinski definition) is 5. The second kappa shape index (κ2) is 5.13. The molecule has 6 heteroatoms. The topological polar surface area (TPSA) is 82.8 Å². The van der Waals surface area contributed by atoms with Crippen molar-refractivity contribution in [3.05, 3.63) is 18.2 Å². The Morgan fingerprint density at radius 3 is 2.84 bits per heavy atom. The van der Waals surface area contributed by atoms with Gasteiger partial charge in [-0.05, 0) is 24.8 Å². The number of aromatic nitrogens is 4. The van der Waals surface area contributed by atoms with E-state index in [-0.39, 0.29) is 6.04 Å². The SMILES string of the molecule is Cn1ccc(-c2noc(C(N)C3CCCCC3)n2)n1. The van der Waals surface area contributed by atoms with Gasteiger partial charge in [-0.1, -0.05) is 24.4 Å². The molecule has 1 aliphatic rings. The van der Waals surface area contributed by atoms with Crippen LogP contribution < -0.4 is 5.73 Å². The monoisotopic (exact) mass is 261 g/mol. The van der Waals surface area contributed by atoms with Gasteiger partial charge < -0.3 is 10.3 Å². The first-order valence-electron chi connectivity index (χ1n) is 6.83. The van der Waals surface area contributed by atoms with E-state index in [4.69, 9.17) is 10.3 Å². The van der Waals surface area contributed by atoms with Gasteiger partial charge in [0, 0.05) is 13.2 Å². The highest BCUT2D eigenvalue weighted by molar-refractivity contribution is 5.46. The van der Waals surface area contributed by atoms with Crippen LogP contribution in [0, 0.1) is 5.92 Å². The van der Waals surface area contributed by atoms with Crippen LogP contribution in [0.15, 0.2) is 16.8 Å². The normalized spacial score (nSPS) is 18.6. The van der Waals surface area contributed by atoms with Gasteiger partial charge in [-0.25, -0.2) is 0 Å². The zero-order valence-corrected chi connectivity index (χ0v) is 11.1. The summed E-state index contributed by atoms with van der Waals surface area (Å²) in [6, 6.07) is 1.71. The number of nitrogens with zero attached hydrogens (tertiary/aromatic N) is 4. The molecule has 2 aromatic heterocycles. The molecule has 0 radical (unpaired) electrons. The van der Waals surface area contributed by atoms with E-state index in [1.807, 2.05) is 19.3 Å². The Labute approximate surface area is 112 Å². The van der Waals surface area contributed by atoms with Crippen molar-refractivity contribution in [2.45, 2.75) is 38.1 Å². The van der Waals surface area contributed by atoms with Gasteiger partial charge >= 0.3 is 0 Å². The van der Waals surface area contributed by atoms with E-state index in [2.05, 4.69) is 15.2 Å². The summed E-state index contributed by atoms with van der Waals surface area (Å²) in [5, 5.41) is 8.23. The molecule has 1 aliphatic carbocycles. The van der Waals surface area contributed by atoms with Crippen LogP contribution in [0.4, 0.5) is 0 Å². The summed E-state index contributed by atoms with van der Waals surface area (Å²) < 4.78 is 7.02. The highest BCUT2D eigenvalue weighted by atomic mass is 16.5. The van der Waals surface area contributed by atoms with Gasteiger partial charge in [0.15, 0.2) is 0 Å². The summed E-state index contributed by atoms with van der Waals surface area (Å²) in [6.45, 7) is 0. The molecular formula is C13H19N5O. The summed E-state index contributed by atoms with van der Waals surface area (Å²) in [4.78, 5) is 4.39. The van der Waals surface area contributed by atoms with Crippen molar-refractivity contribution in [2.24, 2.45) is 18.7 Å². The van der Waals surface area contributed by atoms with E-state index in [1.165, 1.54) is 19.3 Å². The quantitative estimate of drug-likeness (QED) is 0.914. The van der Waals surface area contributed by atoms with Crippen LogP contribution >= 0.6 is 0 Å². The molecule has 6 nitrogen and oxygen atoms in total. The molecule has 1 fully saturated rings. The summed E-state index contributed by atoms with van der Waals surface area (Å²) in [7, 11) is 1.86. The van der Waals surface area contributed by atoms with Crippen molar-refractivity contribution < 1.29 is 4.52 Å². The lowest BCUT2D eigenvalue weighted by molar-refractivity contribution is 0.255. The minimum atomic E-state index is -0.148. The molecule has 0 amide bonds. The fourth-order valence-electron chi connectivity index (χ4n) is 2.70. The lowest BCUT2D eigenvalue weighted by Crippen LogP contribution is -2.23. The molecule has 1 unspecified atom stereocenters. The highest BCUT2D eigenvalue weighted by Crippen LogP contribution is 2.32. The third-order valence-corrected chi connectivity index (χ3v) is 3.83. The molecular weight excluding hydrogens is 242 g/mol. The van der Waals surface area contributed by atoms with Crippen molar-refractivity contribution in [1.29, 1.82) is 0 Å². The number of aryl methyl sites for hydroxylation is 1. The van der Waals surface area contributed by atoms with Crippen LogP contribution in [0.25, 0.3) is 11.5 Å². The van der Waals surface area contributed by atoms with Gasteiger partial charge in [-0.2, -0.15) is 10.1 Å². The number of nitrogens with two attached hydrogens (primary N) is 1. The van der Waals surface area contributed by atoms with Crippen molar-refractivity contribution >= 4 is 0 Å². The summed E-state index contributed by atoms with van der Waals surface area (Å²) >= 11 is 0. The molecule has 1 saturated carbocycles. The molecule has 2 heterocycles. The Balaban J connectivity index is 1.76. The molecule has 0 spiro atoms. The first-order chi connectivity index (χ1) is 9.24. The predicted molar refractivity (Wildman–Crippen MR) is 70.0 cm³/mol. The number of hydrogen-bond donors (Lipinski definition) is 1. The maximum Gasteiger partial charge on any atom is 0.244 e. The minimum absolute atomic E-state index is 0.148. The van der Waals surface area contributed by atoms with Gasteiger partial charge in [-0.15, -0.1) is 0 Å². The Bertz CT molecular complexity index is 541. The minimum Gasteiger partial charge on any atom is -0.337 e. The first kappa shape index (κ1) is 12.3. The Morgan fingerprint density at radius 1 is 1.37 bits per heavy atom. The maximum absolute atomic E-state index is 6.24. The Hall–Kier alpha value is -1.69. The fraction of sp³-hybridized carbons (Fsp3) is 0.615. The van der Waals surface area contributed by atoms with Gasteiger partial charge in [0.2, 0.25) is 11.7 Å². The van der Waals surface area contributed by atoms with Crippen LogP contribution in [0.2, 0.25) is 0 Å². The molecule has 19 heavy (non-hydrogen) atoms. The molecule has 2 aromatic rings. The Morgan fingerprint density at radius 2 is 2.16 bits per heavy atom. The van der Waals surface area contributed by atoms with E-state index < -0.39 is 0 Å². The predicted octanol–water partition coefficient (Wildman–Crippen LogP) is 2.05. The molecule has 3 rings (SSSR count). The molecule has 2 N–H and O–H groups in total. The van der Waals surface area contributed by atoms with E-state index in [9.17, 15) is 0 Å². The molecule has 0 bridgehead atoms. The van der Waals surface area contributed by atoms with Crippen molar-refractivity contribution in [1.82, 2.24) is 19.9 Å². The molecule has 0 saturated heterocycles.